The van der Waals surface area contributed by atoms with Crippen molar-refractivity contribution in [2.45, 2.75) is 75.4 Å². The molecule has 196 valence electrons. The number of halogens is 8. The Labute approximate surface area is 216 Å². The minimum absolute atomic E-state index is 0. The molecule has 0 aliphatic rings. The number of carbonyl (C=O) groups is 2. The number of esters is 2. The maximum atomic E-state index is 13.4. The minimum Gasteiger partial charge on any atom is -0.691 e. The van der Waals surface area contributed by atoms with E-state index in [2.05, 4.69) is 14.1 Å². The molecule has 0 fully saturated rings. The zero-order chi connectivity index (χ0) is 25.9. The van der Waals surface area contributed by atoms with Crippen LogP contribution in [0.3, 0.4) is 0 Å². The van der Waals surface area contributed by atoms with Gasteiger partial charge in [0.2, 0.25) is 0 Å². The number of hydrogen-bond donors (Lipinski definition) is 0. The monoisotopic (exact) mass is 546 g/mol. The minimum atomic E-state index is -6.56. The zero-order valence-electron chi connectivity index (χ0n) is 18.5. The molecule has 17 heteroatoms. The van der Waals surface area contributed by atoms with E-state index in [0.29, 0.717) is 12.8 Å². The van der Waals surface area contributed by atoms with E-state index in [1.54, 1.807) is 0 Å². The maximum Gasteiger partial charge on any atom is 1.00 e. The predicted octanol–water partition coefficient (Wildman–Crippen LogP) is 1.09. The van der Waals surface area contributed by atoms with Crippen molar-refractivity contribution in [3.63, 3.8) is 0 Å². The molecule has 0 aliphatic heterocycles. The van der Waals surface area contributed by atoms with Crippen molar-refractivity contribution in [2.24, 2.45) is 5.92 Å². The normalized spacial score (nSPS) is 14.4. The summed E-state index contributed by atoms with van der Waals surface area (Å²) in [7, 11) is 0. The number of hydrogen-bond acceptors (Lipinski definition) is 8. The maximum absolute atomic E-state index is 13.4. The average Bonchev–Trinajstić information content (AvgIpc) is 2.74. The van der Waals surface area contributed by atoms with E-state index in [1.165, 1.54) is 0 Å². The first-order chi connectivity index (χ1) is 15.2. The van der Waals surface area contributed by atoms with Gasteiger partial charge in [-0.3, -0.25) is 14.6 Å². The van der Waals surface area contributed by atoms with Gasteiger partial charge in [0.25, 0.3) is 0 Å². The van der Waals surface area contributed by atoms with Gasteiger partial charge in [-0.15, -0.1) is 0 Å². The number of rotatable bonds is 17. The molecule has 0 spiro atoms. The molecule has 0 aliphatic carbocycles. The third-order valence-electron chi connectivity index (χ3n) is 4.37. The molecule has 0 amide bonds. The molecule has 0 heterocycles. The van der Waals surface area contributed by atoms with Crippen LogP contribution < -0.4 is 34.8 Å². The number of unbranched alkanes of at least 4 members (excludes halogenated alkanes) is 1. The summed E-state index contributed by atoms with van der Waals surface area (Å²) in [4.78, 5) is 23.8. The molecule has 2 unspecified atom stereocenters. The summed E-state index contributed by atoms with van der Waals surface area (Å²) in [5.74, 6) is -21.9. The Morgan fingerprint density at radius 1 is 1.03 bits per heavy atom. The predicted molar refractivity (Wildman–Crippen MR) is 94.2 cm³/mol. The third-order valence-corrected chi connectivity index (χ3v) is 5.09. The van der Waals surface area contributed by atoms with Gasteiger partial charge in [-0.05, 0) is 12.3 Å². The standard InChI is InChI=1S/C17H24F8O7S.Na/c1-3-5-6-10(4-2)8-29-13(27)11(33-32-31-28)7-12(26)30-9-15(20,21)17(24,25)16(22,23)14(18)19;/h10-11,14,28H,3-9H2,1-2H3;/q;+1/p-1. The van der Waals surface area contributed by atoms with Crippen LogP contribution in [0.4, 0.5) is 35.1 Å². The first-order valence-electron chi connectivity index (χ1n) is 9.53. The van der Waals surface area contributed by atoms with Crippen molar-refractivity contribution < 1.29 is 98.4 Å². The second-order valence-electron chi connectivity index (χ2n) is 6.83. The summed E-state index contributed by atoms with van der Waals surface area (Å²) in [5.41, 5.74) is 0. The van der Waals surface area contributed by atoms with Gasteiger partial charge in [0.1, 0.15) is 5.25 Å². The topological polar surface area (TPSA) is 94.1 Å². The average molecular weight is 546 g/mol. The van der Waals surface area contributed by atoms with Crippen molar-refractivity contribution >= 4 is 24.0 Å². The van der Waals surface area contributed by atoms with Gasteiger partial charge in [0, 0.05) is 12.0 Å². The van der Waals surface area contributed by atoms with Crippen LogP contribution in [0.2, 0.25) is 0 Å². The van der Waals surface area contributed by atoms with Crippen LogP contribution in [0.1, 0.15) is 46.0 Å². The van der Waals surface area contributed by atoms with Crippen LogP contribution in [0.15, 0.2) is 0 Å². The molecular weight excluding hydrogens is 523 g/mol. The van der Waals surface area contributed by atoms with Crippen LogP contribution in [0, 0.1) is 5.92 Å². The van der Waals surface area contributed by atoms with Crippen molar-refractivity contribution in [1.29, 1.82) is 0 Å². The summed E-state index contributed by atoms with van der Waals surface area (Å²) >= 11 is -0.0828. The molecule has 0 radical (unpaired) electrons. The van der Waals surface area contributed by atoms with E-state index >= 15 is 0 Å². The Bertz CT molecular complexity index is 616. The molecule has 0 aromatic rings. The molecule has 0 bridgehead atoms. The number of ether oxygens (including phenoxy) is 2. The van der Waals surface area contributed by atoms with E-state index in [1.807, 2.05) is 13.8 Å². The van der Waals surface area contributed by atoms with Gasteiger partial charge in [-0.1, -0.05) is 33.1 Å². The van der Waals surface area contributed by atoms with Crippen LogP contribution >= 0.6 is 12.0 Å². The summed E-state index contributed by atoms with van der Waals surface area (Å²) in [6.45, 7) is 0.957. The van der Waals surface area contributed by atoms with Crippen LogP contribution in [0.5, 0.6) is 0 Å². The van der Waals surface area contributed by atoms with Crippen molar-refractivity contribution in [3.8, 4) is 0 Å². The van der Waals surface area contributed by atoms with E-state index < -0.39 is 54.4 Å². The van der Waals surface area contributed by atoms with Gasteiger partial charge in [0.05, 0.1) is 13.0 Å². The summed E-state index contributed by atoms with van der Waals surface area (Å²) in [6, 6.07) is 0. The van der Waals surface area contributed by atoms with E-state index in [4.69, 9.17) is 4.74 Å². The Morgan fingerprint density at radius 2 is 1.62 bits per heavy atom. The molecule has 0 saturated heterocycles. The quantitative estimate of drug-likeness (QED) is 0.0669. The third kappa shape index (κ3) is 10.7. The molecule has 7 nitrogen and oxygen atoms in total. The first-order valence-corrected chi connectivity index (χ1v) is 10.3. The summed E-state index contributed by atoms with van der Waals surface area (Å²) < 4.78 is 116. The molecule has 34 heavy (non-hydrogen) atoms. The van der Waals surface area contributed by atoms with Crippen molar-refractivity contribution in [3.05, 3.63) is 0 Å². The van der Waals surface area contributed by atoms with Crippen molar-refractivity contribution in [2.75, 3.05) is 13.2 Å². The Kier molecular flexibility index (Phi) is 17.2. The van der Waals surface area contributed by atoms with Gasteiger partial charge in [0.15, 0.2) is 6.61 Å². The first kappa shape index (κ1) is 35.8. The number of alkyl halides is 8. The van der Waals surface area contributed by atoms with Crippen LogP contribution in [0.25, 0.3) is 0 Å². The molecule has 0 aromatic heterocycles. The molecule has 0 saturated carbocycles. The molecule has 0 rings (SSSR count). The molecule has 0 aromatic carbocycles. The van der Waals surface area contributed by atoms with E-state index in [0.717, 1.165) is 12.8 Å². The van der Waals surface area contributed by atoms with Gasteiger partial charge in [-0.25, -0.2) is 8.78 Å². The van der Waals surface area contributed by atoms with E-state index in [9.17, 15) is 50.0 Å². The molecular formula is C17H23F8NaO7S. The SMILES string of the molecule is CCCCC(CC)COC(=O)C(CC(=O)OCC(F)(F)C(F)(F)C(F)(F)C(F)F)SOO[O-].[Na+]. The van der Waals surface area contributed by atoms with Gasteiger partial charge in [-0.2, -0.15) is 30.7 Å². The van der Waals surface area contributed by atoms with Crippen LogP contribution in [-0.4, -0.2) is 54.6 Å². The molecule has 0 N–H and O–H groups in total. The second kappa shape index (κ2) is 16.4. The summed E-state index contributed by atoms with van der Waals surface area (Å²) in [6.07, 6.45) is -3.29. The van der Waals surface area contributed by atoms with Crippen molar-refractivity contribution in [1.82, 2.24) is 0 Å². The van der Waals surface area contributed by atoms with Gasteiger partial charge >= 0.3 is 65.7 Å². The fraction of sp³-hybridized carbons (Fsp3) is 0.882. The smallest absolute Gasteiger partial charge is 0.691 e. The Balaban J connectivity index is 0. The second-order valence-corrected chi connectivity index (χ2v) is 7.73. The fourth-order valence-electron chi connectivity index (χ4n) is 2.26. The molecule has 2 atom stereocenters. The largest absolute Gasteiger partial charge is 1.00 e. The van der Waals surface area contributed by atoms with E-state index in [-0.39, 0.29) is 54.1 Å². The Morgan fingerprint density at radius 3 is 2.09 bits per heavy atom. The fourth-order valence-corrected chi connectivity index (χ4v) is 2.74. The Hall–Kier alpha value is -0.390. The van der Waals surface area contributed by atoms with Crippen LogP contribution in [-0.2, 0) is 28.4 Å². The number of carbonyl (C=O) groups excluding carboxylic acids is 2. The summed E-state index contributed by atoms with van der Waals surface area (Å²) in [5, 5.41) is 11.2. The zero-order valence-corrected chi connectivity index (χ0v) is 21.3. The van der Waals surface area contributed by atoms with Gasteiger partial charge < -0.3 is 14.7 Å².